The molecule has 21 heavy (non-hydrogen) atoms. The molecular formula is C15H19BrN2O3. The first-order valence-electron chi connectivity index (χ1n) is 6.59. The molecule has 1 heterocycles. The van der Waals surface area contributed by atoms with Crippen molar-refractivity contribution in [1.29, 1.82) is 0 Å². The Morgan fingerprint density at radius 1 is 1.14 bits per heavy atom. The second-order valence-electron chi connectivity index (χ2n) is 4.58. The molecular weight excluding hydrogens is 336 g/mol. The molecule has 0 saturated carbocycles. The van der Waals surface area contributed by atoms with Crippen molar-refractivity contribution in [2.45, 2.75) is 11.8 Å². The average Bonchev–Trinajstić information content (AvgIpc) is 2.92. The number of aromatic nitrogens is 2. The first-order chi connectivity index (χ1) is 10.2. The lowest BCUT2D eigenvalue weighted by molar-refractivity contribution is 0.277. The number of benzene rings is 1. The molecule has 0 aliphatic heterocycles. The maximum Gasteiger partial charge on any atom is 0.203 e. The van der Waals surface area contributed by atoms with Crippen LogP contribution in [-0.2, 0) is 18.8 Å². The summed E-state index contributed by atoms with van der Waals surface area (Å²) in [7, 11) is 5.15. The van der Waals surface area contributed by atoms with E-state index >= 15 is 0 Å². The minimum Gasteiger partial charge on any atom is -0.493 e. The number of nitrogens with zero attached hydrogens (tertiary/aromatic N) is 2. The minimum atomic E-state index is 0.534. The van der Waals surface area contributed by atoms with Gasteiger partial charge >= 0.3 is 0 Å². The van der Waals surface area contributed by atoms with E-state index in [-0.39, 0.29) is 0 Å². The number of rotatable bonds is 7. The molecule has 1 aromatic carbocycles. The highest BCUT2D eigenvalue weighted by atomic mass is 79.9. The van der Waals surface area contributed by atoms with Crippen molar-refractivity contribution < 1.29 is 14.2 Å². The van der Waals surface area contributed by atoms with Crippen molar-refractivity contribution in [1.82, 2.24) is 9.78 Å². The summed E-state index contributed by atoms with van der Waals surface area (Å²) >= 11 is 3.43. The molecule has 0 unspecified atom stereocenters. The second-order valence-corrected chi connectivity index (χ2v) is 5.14. The number of hydrogen-bond acceptors (Lipinski definition) is 4. The molecule has 0 atom stereocenters. The number of aryl methyl sites for hydroxylation is 1. The highest BCUT2D eigenvalue weighted by Crippen LogP contribution is 2.39. The van der Waals surface area contributed by atoms with Gasteiger partial charge < -0.3 is 14.2 Å². The Morgan fingerprint density at radius 2 is 1.81 bits per heavy atom. The van der Waals surface area contributed by atoms with Crippen molar-refractivity contribution in [2.24, 2.45) is 7.05 Å². The van der Waals surface area contributed by atoms with Crippen LogP contribution in [0.3, 0.4) is 0 Å². The molecule has 0 aliphatic rings. The Kier molecular flexibility index (Phi) is 5.50. The summed E-state index contributed by atoms with van der Waals surface area (Å²) in [6.45, 7) is 0.534. The molecule has 2 aromatic rings. The Hall–Kier alpha value is -1.69. The molecule has 0 spiro atoms. The van der Waals surface area contributed by atoms with E-state index in [0.29, 0.717) is 23.9 Å². The third-order valence-corrected chi connectivity index (χ3v) is 3.72. The van der Waals surface area contributed by atoms with Gasteiger partial charge in [-0.15, -0.1) is 0 Å². The number of methoxy groups -OCH3 is 2. The zero-order valence-electron chi connectivity index (χ0n) is 12.4. The first-order valence-corrected chi connectivity index (χ1v) is 7.71. The predicted octanol–water partition coefficient (Wildman–Crippen LogP) is 2.95. The van der Waals surface area contributed by atoms with Gasteiger partial charge in [-0.05, 0) is 23.3 Å². The van der Waals surface area contributed by atoms with E-state index in [2.05, 4.69) is 21.0 Å². The Morgan fingerprint density at radius 3 is 2.29 bits per heavy atom. The van der Waals surface area contributed by atoms with Gasteiger partial charge in [0, 0.05) is 25.0 Å². The SMILES string of the molecule is COc1cc(CBr)cc(OC)c1OCCc1cnn(C)c1. The maximum absolute atomic E-state index is 5.86. The quantitative estimate of drug-likeness (QED) is 0.717. The van der Waals surface area contributed by atoms with E-state index < -0.39 is 0 Å². The Labute approximate surface area is 132 Å². The number of hydrogen-bond donors (Lipinski definition) is 0. The summed E-state index contributed by atoms with van der Waals surface area (Å²) in [5.41, 5.74) is 2.20. The molecule has 0 fully saturated rings. The topological polar surface area (TPSA) is 45.5 Å². The van der Waals surface area contributed by atoms with Crippen LogP contribution in [0.5, 0.6) is 17.2 Å². The Bertz CT molecular complexity index is 573. The fourth-order valence-corrected chi connectivity index (χ4v) is 2.35. The molecule has 114 valence electrons. The lowest BCUT2D eigenvalue weighted by Gasteiger charge is -2.15. The van der Waals surface area contributed by atoms with E-state index in [0.717, 1.165) is 22.9 Å². The van der Waals surface area contributed by atoms with Crippen molar-refractivity contribution in [3.05, 3.63) is 35.7 Å². The van der Waals surface area contributed by atoms with E-state index in [1.807, 2.05) is 31.6 Å². The van der Waals surface area contributed by atoms with Crippen LogP contribution in [0.25, 0.3) is 0 Å². The van der Waals surface area contributed by atoms with E-state index in [4.69, 9.17) is 14.2 Å². The summed E-state index contributed by atoms with van der Waals surface area (Å²) in [4.78, 5) is 0. The third-order valence-electron chi connectivity index (χ3n) is 3.07. The van der Waals surface area contributed by atoms with Gasteiger partial charge in [0.25, 0.3) is 0 Å². The van der Waals surface area contributed by atoms with Crippen LogP contribution >= 0.6 is 15.9 Å². The monoisotopic (exact) mass is 354 g/mol. The summed E-state index contributed by atoms with van der Waals surface area (Å²) < 4.78 is 18.4. The van der Waals surface area contributed by atoms with E-state index in [1.54, 1.807) is 18.9 Å². The van der Waals surface area contributed by atoms with Crippen LogP contribution in [0, 0.1) is 0 Å². The molecule has 0 saturated heterocycles. The van der Waals surface area contributed by atoms with Crippen molar-refractivity contribution in [2.75, 3.05) is 20.8 Å². The normalized spacial score (nSPS) is 10.5. The predicted molar refractivity (Wildman–Crippen MR) is 84.6 cm³/mol. The lowest BCUT2D eigenvalue weighted by Crippen LogP contribution is -2.04. The summed E-state index contributed by atoms with van der Waals surface area (Å²) in [5.74, 6) is 1.98. The molecule has 1 aromatic heterocycles. The van der Waals surface area contributed by atoms with Crippen LogP contribution in [0.1, 0.15) is 11.1 Å². The van der Waals surface area contributed by atoms with Crippen LogP contribution in [0.15, 0.2) is 24.5 Å². The van der Waals surface area contributed by atoms with Crippen molar-refractivity contribution >= 4 is 15.9 Å². The molecule has 0 N–H and O–H groups in total. The highest BCUT2D eigenvalue weighted by molar-refractivity contribution is 9.08. The molecule has 0 amide bonds. The minimum absolute atomic E-state index is 0.534. The van der Waals surface area contributed by atoms with Crippen molar-refractivity contribution in [3.63, 3.8) is 0 Å². The summed E-state index contributed by atoms with van der Waals surface area (Å²) in [6, 6.07) is 3.88. The molecule has 6 heteroatoms. The van der Waals surface area contributed by atoms with Gasteiger partial charge in [0.2, 0.25) is 5.75 Å². The lowest BCUT2D eigenvalue weighted by atomic mass is 10.2. The largest absolute Gasteiger partial charge is 0.493 e. The molecule has 0 bridgehead atoms. The maximum atomic E-state index is 5.86. The number of ether oxygens (including phenoxy) is 3. The van der Waals surface area contributed by atoms with Gasteiger partial charge in [-0.3, -0.25) is 4.68 Å². The van der Waals surface area contributed by atoms with Gasteiger partial charge in [0.1, 0.15) is 0 Å². The van der Waals surface area contributed by atoms with Crippen LogP contribution in [0.4, 0.5) is 0 Å². The zero-order chi connectivity index (χ0) is 15.2. The number of alkyl halides is 1. The zero-order valence-corrected chi connectivity index (χ0v) is 14.0. The summed E-state index contributed by atoms with van der Waals surface area (Å²) in [6.07, 6.45) is 4.60. The smallest absolute Gasteiger partial charge is 0.203 e. The van der Waals surface area contributed by atoms with Gasteiger partial charge in [0.05, 0.1) is 27.0 Å². The molecule has 0 aliphatic carbocycles. The van der Waals surface area contributed by atoms with Crippen LogP contribution in [-0.4, -0.2) is 30.6 Å². The van der Waals surface area contributed by atoms with E-state index in [9.17, 15) is 0 Å². The fourth-order valence-electron chi connectivity index (χ4n) is 2.03. The third kappa shape index (κ3) is 3.91. The van der Waals surface area contributed by atoms with Crippen LogP contribution in [0.2, 0.25) is 0 Å². The van der Waals surface area contributed by atoms with E-state index in [1.165, 1.54) is 0 Å². The molecule has 5 nitrogen and oxygen atoms in total. The van der Waals surface area contributed by atoms with Gasteiger partial charge in [0.15, 0.2) is 11.5 Å². The highest BCUT2D eigenvalue weighted by Gasteiger charge is 2.14. The fraction of sp³-hybridized carbons (Fsp3) is 0.400. The first kappa shape index (κ1) is 15.7. The average molecular weight is 355 g/mol. The standard InChI is InChI=1S/C15H19BrN2O3/c1-18-10-11(9-17-18)4-5-21-15-13(19-2)6-12(8-16)7-14(15)20-3/h6-7,9-10H,4-5,8H2,1-3H3. The molecule has 0 radical (unpaired) electrons. The number of halogens is 1. The second kappa shape index (κ2) is 7.36. The Balaban J connectivity index is 2.10. The van der Waals surface area contributed by atoms with Crippen LogP contribution < -0.4 is 14.2 Å². The molecule has 2 rings (SSSR count). The van der Waals surface area contributed by atoms with Gasteiger partial charge in [-0.25, -0.2) is 0 Å². The van der Waals surface area contributed by atoms with Crippen molar-refractivity contribution in [3.8, 4) is 17.2 Å². The summed E-state index contributed by atoms with van der Waals surface area (Å²) in [5, 5.41) is 4.87. The van der Waals surface area contributed by atoms with Gasteiger partial charge in [-0.2, -0.15) is 5.10 Å². The van der Waals surface area contributed by atoms with Gasteiger partial charge in [-0.1, -0.05) is 15.9 Å².